The van der Waals surface area contributed by atoms with E-state index in [9.17, 15) is 0 Å². The van der Waals surface area contributed by atoms with Crippen molar-refractivity contribution in [1.29, 1.82) is 0 Å². The molecule has 1 nitrogen and oxygen atoms in total. The fourth-order valence-corrected chi connectivity index (χ4v) is 2.07. The SMILES string of the molecule is COC(c1ccccc1)C(Br)Br. The third-order valence-corrected chi connectivity index (χ3v) is 2.57. The smallest absolute Gasteiger partial charge is 0.104 e. The second kappa shape index (κ2) is 5.00. The second-order valence-corrected chi connectivity index (χ2v) is 5.60. The van der Waals surface area contributed by atoms with Crippen LogP contribution in [0.2, 0.25) is 0 Å². The standard InChI is InChI=1S/C9H10Br2O/c1-12-8(9(10)11)7-5-3-2-4-6-7/h2-6,8-9H,1H3. The molecular weight excluding hydrogens is 284 g/mol. The first-order valence-electron chi connectivity index (χ1n) is 3.61. The highest BCUT2D eigenvalue weighted by Crippen LogP contribution is 2.29. The summed E-state index contributed by atoms with van der Waals surface area (Å²) in [6.45, 7) is 0. The van der Waals surface area contributed by atoms with Crippen molar-refractivity contribution in [2.75, 3.05) is 7.11 Å². The van der Waals surface area contributed by atoms with Crippen LogP contribution in [0.3, 0.4) is 0 Å². The zero-order chi connectivity index (χ0) is 8.97. The van der Waals surface area contributed by atoms with Gasteiger partial charge >= 0.3 is 0 Å². The predicted octanol–water partition coefficient (Wildman–Crippen LogP) is 3.49. The van der Waals surface area contributed by atoms with Crippen LogP contribution in [0.1, 0.15) is 11.7 Å². The van der Waals surface area contributed by atoms with Gasteiger partial charge in [0.05, 0.1) is 3.74 Å². The molecule has 12 heavy (non-hydrogen) atoms. The molecule has 0 heterocycles. The Kier molecular flexibility index (Phi) is 4.26. The van der Waals surface area contributed by atoms with Crippen molar-refractivity contribution in [2.24, 2.45) is 0 Å². The summed E-state index contributed by atoms with van der Waals surface area (Å²) in [5.74, 6) is 0. The number of ether oxygens (including phenoxy) is 1. The molecule has 3 heteroatoms. The Hall–Kier alpha value is 0.140. The van der Waals surface area contributed by atoms with Crippen molar-refractivity contribution in [3.63, 3.8) is 0 Å². The fraction of sp³-hybridized carbons (Fsp3) is 0.333. The number of rotatable bonds is 3. The third kappa shape index (κ3) is 2.57. The minimum Gasteiger partial charge on any atom is -0.375 e. The van der Waals surface area contributed by atoms with Crippen LogP contribution in [-0.2, 0) is 4.74 Å². The van der Waals surface area contributed by atoms with Gasteiger partial charge in [-0.2, -0.15) is 0 Å². The van der Waals surface area contributed by atoms with Crippen molar-refractivity contribution in [3.05, 3.63) is 35.9 Å². The molecular formula is C9H10Br2O. The first kappa shape index (κ1) is 10.2. The van der Waals surface area contributed by atoms with E-state index in [-0.39, 0.29) is 9.84 Å². The normalized spacial score (nSPS) is 13.3. The van der Waals surface area contributed by atoms with Crippen LogP contribution in [-0.4, -0.2) is 10.8 Å². The first-order chi connectivity index (χ1) is 5.75. The van der Waals surface area contributed by atoms with E-state index >= 15 is 0 Å². The molecule has 66 valence electrons. The molecule has 0 aromatic heterocycles. The lowest BCUT2D eigenvalue weighted by atomic mass is 10.1. The predicted molar refractivity (Wildman–Crippen MR) is 57.8 cm³/mol. The minimum absolute atomic E-state index is 0.0613. The van der Waals surface area contributed by atoms with E-state index in [4.69, 9.17) is 4.74 Å². The quantitative estimate of drug-likeness (QED) is 0.775. The van der Waals surface area contributed by atoms with E-state index in [1.807, 2.05) is 30.3 Å². The lowest BCUT2D eigenvalue weighted by Gasteiger charge is -2.16. The summed E-state index contributed by atoms with van der Waals surface area (Å²) in [5, 5.41) is 0. The summed E-state index contributed by atoms with van der Waals surface area (Å²) in [7, 11) is 1.70. The van der Waals surface area contributed by atoms with Gasteiger partial charge in [0.2, 0.25) is 0 Å². The van der Waals surface area contributed by atoms with Crippen molar-refractivity contribution < 1.29 is 4.74 Å². The zero-order valence-corrected chi connectivity index (χ0v) is 9.88. The van der Waals surface area contributed by atoms with Crippen molar-refractivity contribution in [2.45, 2.75) is 9.84 Å². The van der Waals surface area contributed by atoms with Crippen molar-refractivity contribution in [3.8, 4) is 0 Å². The van der Waals surface area contributed by atoms with Crippen LogP contribution in [0.15, 0.2) is 30.3 Å². The molecule has 1 atom stereocenters. The monoisotopic (exact) mass is 292 g/mol. The third-order valence-electron chi connectivity index (χ3n) is 1.61. The maximum Gasteiger partial charge on any atom is 0.104 e. The highest BCUT2D eigenvalue weighted by atomic mass is 79.9. The molecule has 0 saturated heterocycles. The van der Waals surface area contributed by atoms with Gasteiger partial charge in [-0.3, -0.25) is 0 Å². The fourth-order valence-electron chi connectivity index (χ4n) is 1.03. The number of methoxy groups -OCH3 is 1. The van der Waals surface area contributed by atoms with Gasteiger partial charge in [-0.1, -0.05) is 62.2 Å². The molecule has 0 saturated carbocycles. The van der Waals surface area contributed by atoms with E-state index in [2.05, 4.69) is 31.9 Å². The highest BCUT2D eigenvalue weighted by Gasteiger charge is 2.16. The van der Waals surface area contributed by atoms with Crippen LogP contribution in [0.25, 0.3) is 0 Å². The number of alkyl halides is 2. The van der Waals surface area contributed by atoms with Gasteiger partial charge in [-0.05, 0) is 5.56 Å². The Morgan fingerprint density at radius 1 is 1.17 bits per heavy atom. The van der Waals surface area contributed by atoms with E-state index in [1.165, 1.54) is 5.56 Å². The van der Waals surface area contributed by atoms with Crippen molar-refractivity contribution >= 4 is 31.9 Å². The van der Waals surface area contributed by atoms with E-state index < -0.39 is 0 Å². The largest absolute Gasteiger partial charge is 0.375 e. The molecule has 0 amide bonds. The van der Waals surface area contributed by atoms with Gasteiger partial charge in [0.25, 0.3) is 0 Å². The molecule has 0 fully saturated rings. The molecule has 0 spiro atoms. The Balaban J connectivity index is 2.80. The van der Waals surface area contributed by atoms with E-state index in [1.54, 1.807) is 7.11 Å². The summed E-state index contributed by atoms with van der Waals surface area (Å²) >= 11 is 6.86. The Morgan fingerprint density at radius 2 is 1.75 bits per heavy atom. The van der Waals surface area contributed by atoms with Crippen LogP contribution in [0.4, 0.5) is 0 Å². The number of benzene rings is 1. The molecule has 1 unspecified atom stereocenters. The topological polar surface area (TPSA) is 9.23 Å². The molecule has 0 aliphatic rings. The summed E-state index contributed by atoms with van der Waals surface area (Å²) in [4.78, 5) is 0. The average molecular weight is 294 g/mol. The van der Waals surface area contributed by atoms with Crippen LogP contribution in [0, 0.1) is 0 Å². The maximum atomic E-state index is 5.30. The Bertz CT molecular complexity index is 223. The summed E-state index contributed by atoms with van der Waals surface area (Å²) in [5.41, 5.74) is 1.17. The van der Waals surface area contributed by atoms with Gasteiger partial charge in [0.1, 0.15) is 6.10 Å². The molecule has 1 aromatic rings. The molecule has 1 aromatic carbocycles. The Labute approximate surface area is 89.4 Å². The number of hydrogen-bond acceptors (Lipinski definition) is 1. The maximum absolute atomic E-state index is 5.30. The lowest BCUT2D eigenvalue weighted by Crippen LogP contribution is -2.08. The molecule has 1 rings (SSSR count). The van der Waals surface area contributed by atoms with Crippen molar-refractivity contribution in [1.82, 2.24) is 0 Å². The average Bonchev–Trinajstić information content (AvgIpc) is 2.07. The van der Waals surface area contributed by atoms with Crippen LogP contribution < -0.4 is 0 Å². The van der Waals surface area contributed by atoms with Crippen LogP contribution >= 0.6 is 31.9 Å². The van der Waals surface area contributed by atoms with Gasteiger partial charge < -0.3 is 4.74 Å². The summed E-state index contributed by atoms with van der Waals surface area (Å²) in [6, 6.07) is 10.1. The molecule has 0 bridgehead atoms. The van der Waals surface area contributed by atoms with E-state index in [0.717, 1.165) is 0 Å². The van der Waals surface area contributed by atoms with Gasteiger partial charge in [0.15, 0.2) is 0 Å². The zero-order valence-electron chi connectivity index (χ0n) is 6.71. The van der Waals surface area contributed by atoms with Gasteiger partial charge in [0, 0.05) is 7.11 Å². The van der Waals surface area contributed by atoms with E-state index in [0.29, 0.717) is 0 Å². The second-order valence-electron chi connectivity index (χ2n) is 2.40. The molecule has 0 aliphatic heterocycles. The minimum atomic E-state index is 0.0613. The lowest BCUT2D eigenvalue weighted by molar-refractivity contribution is 0.119. The highest BCUT2D eigenvalue weighted by molar-refractivity contribution is 9.24. The molecule has 0 radical (unpaired) electrons. The van der Waals surface area contributed by atoms with Gasteiger partial charge in [-0.25, -0.2) is 0 Å². The summed E-state index contributed by atoms with van der Waals surface area (Å²) in [6.07, 6.45) is 0.0613. The van der Waals surface area contributed by atoms with Crippen LogP contribution in [0.5, 0.6) is 0 Å². The molecule has 0 N–H and O–H groups in total. The summed E-state index contributed by atoms with van der Waals surface area (Å²) < 4.78 is 5.45. The number of halogens is 2. The Morgan fingerprint density at radius 3 is 2.17 bits per heavy atom. The number of hydrogen-bond donors (Lipinski definition) is 0. The van der Waals surface area contributed by atoms with Gasteiger partial charge in [-0.15, -0.1) is 0 Å². The molecule has 0 aliphatic carbocycles. The first-order valence-corrected chi connectivity index (χ1v) is 5.44.